The molecule has 0 aliphatic carbocycles. The summed E-state index contributed by atoms with van der Waals surface area (Å²) >= 11 is 6.82. The number of nitrogens with one attached hydrogen (secondary N) is 1. The van der Waals surface area contributed by atoms with E-state index in [1.54, 1.807) is 6.20 Å². The van der Waals surface area contributed by atoms with Gasteiger partial charge in [0.2, 0.25) is 0 Å². The number of hydrogen-bond acceptors (Lipinski definition) is 6. The molecule has 9 heteroatoms. The number of pyridine rings is 1. The van der Waals surface area contributed by atoms with Crippen LogP contribution in [0.4, 0.5) is 5.82 Å². The molecule has 0 saturated carbocycles. The number of rotatable bonds is 3. The molecule has 4 N–H and O–H groups in total. The van der Waals surface area contributed by atoms with Crippen LogP contribution in [0, 0.1) is 0 Å². The van der Waals surface area contributed by atoms with E-state index in [0.29, 0.717) is 23.9 Å². The van der Waals surface area contributed by atoms with E-state index in [1.807, 2.05) is 19.1 Å². The summed E-state index contributed by atoms with van der Waals surface area (Å²) in [7, 11) is 0. The minimum Gasteiger partial charge on any atom is -0.392 e. The minimum absolute atomic E-state index is 0.267. The smallest absolute Gasteiger partial charge is 0.146 e. The second-order valence-electron chi connectivity index (χ2n) is 8.66. The van der Waals surface area contributed by atoms with Gasteiger partial charge in [0.25, 0.3) is 0 Å². The maximum absolute atomic E-state index is 10.0. The Balaban J connectivity index is 1.85. The van der Waals surface area contributed by atoms with Gasteiger partial charge in [-0.2, -0.15) is 0 Å². The van der Waals surface area contributed by atoms with Crippen LogP contribution in [-0.4, -0.2) is 53.7 Å². The molecule has 0 bridgehead atoms. The Morgan fingerprint density at radius 2 is 2.13 bits per heavy atom. The number of fused-ring (bicyclic) bond motifs is 4. The van der Waals surface area contributed by atoms with Crippen LogP contribution in [0.25, 0.3) is 33.3 Å². The summed E-state index contributed by atoms with van der Waals surface area (Å²) in [6.45, 7) is 8.13. The van der Waals surface area contributed by atoms with Crippen molar-refractivity contribution >= 4 is 39.5 Å². The molecule has 5 heterocycles. The quantitative estimate of drug-likeness (QED) is 0.465. The van der Waals surface area contributed by atoms with Crippen molar-refractivity contribution in [2.45, 2.75) is 39.0 Å². The number of H-pyrrole nitrogens is 1. The molecule has 4 aromatic heterocycles. The van der Waals surface area contributed by atoms with Crippen LogP contribution in [0.15, 0.2) is 24.7 Å². The number of aliphatic hydroxyl groups is 1. The van der Waals surface area contributed by atoms with Gasteiger partial charge >= 0.3 is 0 Å². The number of nitrogen functional groups attached to an aromatic ring is 1. The summed E-state index contributed by atoms with van der Waals surface area (Å²) in [4.78, 5) is 18.9. The fraction of sp³-hybridized carbons (Fsp3) is 0.381. The van der Waals surface area contributed by atoms with Crippen LogP contribution in [0.2, 0.25) is 5.02 Å². The SMILES string of the molecule is C[C@@H](O)CN1Cc2c(-c3[nH]c4ncccc4c3Cl)c3c(N)ncnc3n2C(C)(C)C1. The Morgan fingerprint density at radius 3 is 2.87 bits per heavy atom. The predicted octanol–water partition coefficient (Wildman–Crippen LogP) is 3.14. The Bertz CT molecular complexity index is 1270. The summed E-state index contributed by atoms with van der Waals surface area (Å²) in [5.74, 6) is 0.414. The Morgan fingerprint density at radius 1 is 1.33 bits per heavy atom. The highest BCUT2D eigenvalue weighted by molar-refractivity contribution is 6.38. The predicted molar refractivity (Wildman–Crippen MR) is 118 cm³/mol. The number of aromatic nitrogens is 5. The van der Waals surface area contributed by atoms with Crippen LogP contribution >= 0.6 is 11.6 Å². The third-order valence-corrected chi connectivity index (χ3v) is 6.14. The summed E-state index contributed by atoms with van der Waals surface area (Å²) in [5.41, 5.74) is 10.3. The first kappa shape index (κ1) is 19.3. The highest BCUT2D eigenvalue weighted by Crippen LogP contribution is 2.45. The maximum atomic E-state index is 10.0. The third kappa shape index (κ3) is 2.79. The average Bonchev–Trinajstić information content (AvgIpc) is 3.17. The molecule has 0 spiro atoms. The van der Waals surface area contributed by atoms with Gasteiger partial charge in [-0.3, -0.25) is 4.90 Å². The molecule has 1 atom stereocenters. The van der Waals surface area contributed by atoms with Gasteiger partial charge < -0.3 is 20.4 Å². The lowest BCUT2D eigenvalue weighted by Crippen LogP contribution is -2.48. The van der Waals surface area contributed by atoms with Crippen molar-refractivity contribution in [1.29, 1.82) is 0 Å². The van der Waals surface area contributed by atoms with E-state index in [-0.39, 0.29) is 5.54 Å². The van der Waals surface area contributed by atoms with Crippen LogP contribution in [0.3, 0.4) is 0 Å². The molecule has 5 rings (SSSR count). The van der Waals surface area contributed by atoms with Crippen molar-refractivity contribution in [3.63, 3.8) is 0 Å². The third-order valence-electron chi connectivity index (χ3n) is 5.75. The first-order valence-electron chi connectivity index (χ1n) is 9.95. The summed E-state index contributed by atoms with van der Waals surface area (Å²) in [6, 6.07) is 3.81. The number of aliphatic hydroxyl groups excluding tert-OH is 1. The van der Waals surface area contributed by atoms with E-state index in [9.17, 15) is 5.11 Å². The molecule has 30 heavy (non-hydrogen) atoms. The van der Waals surface area contributed by atoms with Gasteiger partial charge in [-0.25, -0.2) is 15.0 Å². The minimum atomic E-state index is -0.425. The monoisotopic (exact) mass is 425 g/mol. The van der Waals surface area contributed by atoms with Gasteiger partial charge in [-0.15, -0.1) is 0 Å². The van der Waals surface area contributed by atoms with Gasteiger partial charge in [0.1, 0.15) is 23.4 Å². The van der Waals surface area contributed by atoms with Gasteiger partial charge in [0, 0.05) is 42.5 Å². The number of nitrogens with two attached hydrogens (primary N) is 1. The van der Waals surface area contributed by atoms with Gasteiger partial charge in [0.05, 0.1) is 27.7 Å². The largest absolute Gasteiger partial charge is 0.392 e. The Kier molecular flexibility index (Phi) is 4.29. The number of halogens is 1. The van der Waals surface area contributed by atoms with E-state index in [1.165, 1.54) is 6.33 Å². The van der Waals surface area contributed by atoms with Crippen LogP contribution in [0.5, 0.6) is 0 Å². The topological polar surface area (TPSA) is 109 Å². The van der Waals surface area contributed by atoms with Crippen molar-refractivity contribution in [2.24, 2.45) is 0 Å². The van der Waals surface area contributed by atoms with Crippen LogP contribution in [0.1, 0.15) is 26.5 Å². The molecule has 0 radical (unpaired) electrons. The average molecular weight is 426 g/mol. The molecular formula is C21H24ClN7O. The van der Waals surface area contributed by atoms with Crippen LogP contribution < -0.4 is 5.73 Å². The molecule has 0 aromatic carbocycles. The zero-order valence-corrected chi connectivity index (χ0v) is 17.9. The Hall–Kier alpha value is -2.68. The molecule has 4 aromatic rings. The lowest BCUT2D eigenvalue weighted by atomic mass is 9.99. The first-order valence-corrected chi connectivity index (χ1v) is 10.3. The molecule has 1 aliphatic rings. The fourth-order valence-corrected chi connectivity index (χ4v) is 5.10. The second-order valence-corrected chi connectivity index (χ2v) is 9.04. The summed E-state index contributed by atoms with van der Waals surface area (Å²) in [6.07, 6.45) is 2.81. The van der Waals surface area contributed by atoms with Gasteiger partial charge in [-0.05, 0) is 32.9 Å². The highest BCUT2D eigenvalue weighted by Gasteiger charge is 2.38. The highest BCUT2D eigenvalue weighted by atomic mass is 35.5. The van der Waals surface area contributed by atoms with E-state index >= 15 is 0 Å². The van der Waals surface area contributed by atoms with Crippen molar-refractivity contribution in [1.82, 2.24) is 29.4 Å². The molecule has 0 fully saturated rings. The van der Waals surface area contributed by atoms with Crippen molar-refractivity contribution in [2.75, 3.05) is 18.8 Å². The first-order chi connectivity index (χ1) is 14.3. The van der Waals surface area contributed by atoms with E-state index in [2.05, 4.69) is 43.3 Å². The van der Waals surface area contributed by atoms with E-state index < -0.39 is 6.10 Å². The zero-order valence-electron chi connectivity index (χ0n) is 17.1. The molecule has 0 amide bonds. The normalized spacial score (nSPS) is 17.5. The molecule has 8 nitrogen and oxygen atoms in total. The number of anilines is 1. The zero-order chi connectivity index (χ0) is 21.2. The van der Waals surface area contributed by atoms with Crippen molar-refractivity contribution in [3.05, 3.63) is 35.4 Å². The number of hydrogen-bond donors (Lipinski definition) is 3. The number of β-amino-alcohol motifs (C(OH)–C–C–N with tert-alkyl or cyclic N) is 1. The molecule has 156 valence electrons. The maximum Gasteiger partial charge on any atom is 0.146 e. The molecule has 0 unspecified atom stereocenters. The Labute approximate surface area is 178 Å². The van der Waals surface area contributed by atoms with E-state index in [0.717, 1.165) is 45.6 Å². The molecule has 0 saturated heterocycles. The van der Waals surface area contributed by atoms with E-state index in [4.69, 9.17) is 17.3 Å². The summed E-state index contributed by atoms with van der Waals surface area (Å²) in [5, 5.41) is 12.2. The molecule has 1 aliphatic heterocycles. The van der Waals surface area contributed by atoms with Gasteiger partial charge in [-0.1, -0.05) is 11.6 Å². The number of aromatic amines is 1. The lowest BCUT2D eigenvalue weighted by molar-refractivity contribution is 0.0769. The van der Waals surface area contributed by atoms with Gasteiger partial charge in [0.15, 0.2) is 0 Å². The fourth-order valence-electron chi connectivity index (χ4n) is 4.80. The molecular weight excluding hydrogens is 402 g/mol. The van der Waals surface area contributed by atoms with Crippen molar-refractivity contribution < 1.29 is 5.11 Å². The standard InChI is InChI=1S/C21H24ClN7O/c1-11(30)7-28-8-13-14(17-16(22)12-5-4-6-24-19(12)27-17)15-18(23)25-10-26-20(15)29(13)21(2,3)9-28/h4-6,10-11,30H,7-9H2,1-3H3,(H,24,27)(H2,23,25,26)/t11-/m1/s1. The number of nitrogens with zero attached hydrogens (tertiary/aromatic N) is 5. The van der Waals surface area contributed by atoms with Crippen molar-refractivity contribution in [3.8, 4) is 11.3 Å². The summed E-state index contributed by atoms with van der Waals surface area (Å²) < 4.78 is 2.24. The second kappa shape index (κ2) is 6.66. The van der Waals surface area contributed by atoms with Crippen LogP contribution in [-0.2, 0) is 12.1 Å². The lowest BCUT2D eigenvalue weighted by Gasteiger charge is -2.41.